The highest BCUT2D eigenvalue weighted by Crippen LogP contribution is 2.36. The quantitative estimate of drug-likeness (QED) is 0.499. The zero-order valence-corrected chi connectivity index (χ0v) is 18.1. The summed E-state index contributed by atoms with van der Waals surface area (Å²) in [6.45, 7) is 1.39. The van der Waals surface area contributed by atoms with E-state index in [9.17, 15) is 14.4 Å². The van der Waals surface area contributed by atoms with E-state index in [-0.39, 0.29) is 6.04 Å². The summed E-state index contributed by atoms with van der Waals surface area (Å²) >= 11 is 6.13. The van der Waals surface area contributed by atoms with Crippen LogP contribution in [0.3, 0.4) is 0 Å². The van der Waals surface area contributed by atoms with Gasteiger partial charge in [0.25, 0.3) is 5.91 Å². The van der Waals surface area contributed by atoms with Gasteiger partial charge in [0.2, 0.25) is 0 Å². The summed E-state index contributed by atoms with van der Waals surface area (Å²) < 4.78 is 15.4. The number of esters is 1. The van der Waals surface area contributed by atoms with Crippen LogP contribution < -0.4 is 20.1 Å². The standard InChI is InChI=1S/C21H27ClN2O6/c1-13(20(26)24-21(27)23-15-7-5-4-6-8-15)30-18(25)10-9-14-11-16(22)19(29-3)17(12-14)28-2/h9-13,15H,4-8H2,1-3H3,(H2,23,24,26,27)/b10-9+. The van der Waals surface area contributed by atoms with Gasteiger partial charge in [-0.05, 0) is 43.5 Å². The van der Waals surface area contributed by atoms with Gasteiger partial charge in [-0.25, -0.2) is 9.59 Å². The van der Waals surface area contributed by atoms with Crippen LogP contribution in [0.5, 0.6) is 11.5 Å². The fourth-order valence-corrected chi connectivity index (χ4v) is 3.44. The molecule has 0 aliphatic heterocycles. The van der Waals surface area contributed by atoms with Gasteiger partial charge in [-0.1, -0.05) is 30.9 Å². The average Bonchev–Trinajstić information content (AvgIpc) is 2.72. The third-order valence-corrected chi connectivity index (χ3v) is 4.99. The monoisotopic (exact) mass is 438 g/mol. The van der Waals surface area contributed by atoms with Gasteiger partial charge < -0.3 is 19.5 Å². The molecule has 2 rings (SSSR count). The first kappa shape index (κ1) is 23.5. The Morgan fingerprint density at radius 1 is 1.13 bits per heavy atom. The summed E-state index contributed by atoms with van der Waals surface area (Å²) in [4.78, 5) is 36.0. The number of carbonyl (C=O) groups is 3. The first-order valence-corrected chi connectivity index (χ1v) is 10.1. The van der Waals surface area contributed by atoms with E-state index in [0.29, 0.717) is 22.1 Å². The molecule has 1 atom stereocenters. The number of carbonyl (C=O) groups excluding carboxylic acids is 3. The van der Waals surface area contributed by atoms with Crippen LogP contribution in [0.4, 0.5) is 4.79 Å². The number of hydrogen-bond donors (Lipinski definition) is 2. The summed E-state index contributed by atoms with van der Waals surface area (Å²) in [7, 11) is 2.94. The Morgan fingerprint density at radius 3 is 2.47 bits per heavy atom. The Hall–Kier alpha value is -2.74. The van der Waals surface area contributed by atoms with E-state index in [1.165, 1.54) is 27.2 Å². The molecule has 2 N–H and O–H groups in total. The van der Waals surface area contributed by atoms with Crippen LogP contribution in [0.1, 0.15) is 44.6 Å². The summed E-state index contributed by atoms with van der Waals surface area (Å²) in [5.41, 5.74) is 0.582. The predicted octanol–water partition coefficient (Wildman–Crippen LogP) is 3.46. The smallest absolute Gasteiger partial charge is 0.331 e. The fraction of sp³-hybridized carbons (Fsp3) is 0.476. The number of nitrogens with one attached hydrogen (secondary N) is 2. The third-order valence-electron chi connectivity index (χ3n) is 4.71. The van der Waals surface area contributed by atoms with Crippen molar-refractivity contribution >= 4 is 35.6 Å². The minimum atomic E-state index is -1.13. The largest absolute Gasteiger partial charge is 0.493 e. The van der Waals surface area contributed by atoms with E-state index in [0.717, 1.165) is 38.2 Å². The molecule has 30 heavy (non-hydrogen) atoms. The number of rotatable bonds is 7. The second kappa shape index (κ2) is 11.4. The third kappa shape index (κ3) is 6.95. The Kier molecular flexibility index (Phi) is 8.98. The van der Waals surface area contributed by atoms with Crippen LogP contribution >= 0.6 is 11.6 Å². The van der Waals surface area contributed by atoms with Crippen molar-refractivity contribution in [1.29, 1.82) is 0 Å². The predicted molar refractivity (Wildman–Crippen MR) is 113 cm³/mol. The second-order valence-electron chi connectivity index (χ2n) is 6.95. The highest BCUT2D eigenvalue weighted by molar-refractivity contribution is 6.32. The average molecular weight is 439 g/mol. The van der Waals surface area contributed by atoms with Crippen molar-refractivity contribution in [3.63, 3.8) is 0 Å². The lowest BCUT2D eigenvalue weighted by atomic mass is 9.96. The molecule has 164 valence electrons. The van der Waals surface area contributed by atoms with Crippen molar-refractivity contribution < 1.29 is 28.6 Å². The van der Waals surface area contributed by atoms with Crippen LogP contribution in [-0.4, -0.2) is 44.3 Å². The van der Waals surface area contributed by atoms with E-state index in [4.69, 9.17) is 25.8 Å². The van der Waals surface area contributed by atoms with Crippen LogP contribution in [0.2, 0.25) is 5.02 Å². The number of amides is 3. The van der Waals surface area contributed by atoms with Gasteiger partial charge in [0, 0.05) is 12.1 Å². The number of ether oxygens (including phenoxy) is 3. The molecule has 0 radical (unpaired) electrons. The number of methoxy groups -OCH3 is 2. The molecule has 0 aromatic heterocycles. The van der Waals surface area contributed by atoms with Gasteiger partial charge in [-0.3, -0.25) is 10.1 Å². The molecule has 1 aromatic carbocycles. The molecule has 0 spiro atoms. The number of benzene rings is 1. The van der Waals surface area contributed by atoms with Gasteiger partial charge in [-0.15, -0.1) is 0 Å². The molecule has 0 heterocycles. The molecule has 9 heteroatoms. The van der Waals surface area contributed by atoms with Crippen LogP contribution in [-0.2, 0) is 14.3 Å². The van der Waals surface area contributed by atoms with E-state index in [1.54, 1.807) is 12.1 Å². The van der Waals surface area contributed by atoms with Crippen LogP contribution in [0.25, 0.3) is 6.08 Å². The molecule has 1 aliphatic carbocycles. The zero-order valence-electron chi connectivity index (χ0n) is 17.3. The van der Waals surface area contributed by atoms with Gasteiger partial charge in [-0.2, -0.15) is 0 Å². The molecule has 1 fully saturated rings. The minimum Gasteiger partial charge on any atom is -0.493 e. The maximum atomic E-state index is 12.1. The van der Waals surface area contributed by atoms with Crippen molar-refractivity contribution in [2.45, 2.75) is 51.2 Å². The molecule has 0 saturated heterocycles. The Bertz CT molecular complexity index is 805. The van der Waals surface area contributed by atoms with Crippen LogP contribution in [0, 0.1) is 0 Å². The van der Waals surface area contributed by atoms with Crippen molar-refractivity contribution in [2.24, 2.45) is 0 Å². The van der Waals surface area contributed by atoms with Crippen molar-refractivity contribution in [2.75, 3.05) is 14.2 Å². The summed E-state index contributed by atoms with van der Waals surface area (Å²) in [5, 5.41) is 5.29. The summed E-state index contributed by atoms with van der Waals surface area (Å²) in [5.74, 6) is -0.638. The normalized spacial score (nSPS) is 15.3. The number of urea groups is 1. The number of halogens is 1. The summed E-state index contributed by atoms with van der Waals surface area (Å²) in [6, 6.07) is 2.73. The molecule has 1 aromatic rings. The first-order chi connectivity index (χ1) is 14.3. The lowest BCUT2D eigenvalue weighted by Gasteiger charge is -2.23. The number of imide groups is 1. The zero-order chi connectivity index (χ0) is 22.1. The summed E-state index contributed by atoms with van der Waals surface area (Å²) in [6.07, 6.45) is 6.58. The lowest BCUT2D eigenvalue weighted by molar-refractivity contribution is -0.149. The van der Waals surface area contributed by atoms with Gasteiger partial charge in [0.1, 0.15) is 0 Å². The SMILES string of the molecule is COc1cc(/C=C/C(=O)OC(C)C(=O)NC(=O)NC2CCCCC2)cc(Cl)c1OC. The van der Waals surface area contributed by atoms with Crippen molar-refractivity contribution in [3.05, 3.63) is 28.8 Å². The van der Waals surface area contributed by atoms with Crippen LogP contribution in [0.15, 0.2) is 18.2 Å². The van der Waals surface area contributed by atoms with Crippen molar-refractivity contribution in [1.82, 2.24) is 10.6 Å². The fourth-order valence-electron chi connectivity index (χ4n) is 3.15. The highest BCUT2D eigenvalue weighted by Gasteiger charge is 2.21. The minimum absolute atomic E-state index is 0.0700. The molecule has 1 unspecified atom stereocenters. The van der Waals surface area contributed by atoms with E-state index < -0.39 is 24.0 Å². The Morgan fingerprint density at radius 2 is 1.83 bits per heavy atom. The second-order valence-corrected chi connectivity index (χ2v) is 7.36. The molecule has 1 aliphatic rings. The van der Waals surface area contributed by atoms with Crippen molar-refractivity contribution in [3.8, 4) is 11.5 Å². The number of hydrogen-bond acceptors (Lipinski definition) is 6. The van der Waals surface area contributed by atoms with Gasteiger partial charge in [0.15, 0.2) is 17.6 Å². The topological polar surface area (TPSA) is 103 Å². The van der Waals surface area contributed by atoms with Gasteiger partial charge >= 0.3 is 12.0 Å². The van der Waals surface area contributed by atoms with Gasteiger partial charge in [0.05, 0.1) is 19.2 Å². The molecule has 3 amide bonds. The molecule has 1 saturated carbocycles. The van der Waals surface area contributed by atoms with E-state index in [2.05, 4.69) is 10.6 Å². The van der Waals surface area contributed by atoms with E-state index in [1.807, 2.05) is 0 Å². The first-order valence-electron chi connectivity index (χ1n) is 9.75. The molecular weight excluding hydrogens is 412 g/mol. The Balaban J connectivity index is 1.86. The Labute approximate surface area is 180 Å². The molecule has 8 nitrogen and oxygen atoms in total. The highest BCUT2D eigenvalue weighted by atomic mass is 35.5. The van der Waals surface area contributed by atoms with E-state index >= 15 is 0 Å². The lowest BCUT2D eigenvalue weighted by Crippen LogP contribution is -2.48. The molecular formula is C21H27ClN2O6. The maximum Gasteiger partial charge on any atom is 0.331 e. The molecule has 0 bridgehead atoms. The maximum absolute atomic E-state index is 12.1.